The largest absolute Gasteiger partial charge is 0.497 e. The standard InChI is InChI=1S/C27H31N2O2/c1-3-20-18-29(17-19-7-5-4-6-8-19)14-12-21(20)15-26(29)27(30)23-11-13-28-25-10-9-22(31-2)16-24(23)25/h3-11,13,16,20-21,26-27,30H,1,12,14-15,17-18H2,2H3/q+1/t20-,21+,26+,27-,29+/m0/s1. The first kappa shape index (κ1) is 20.2. The first-order chi connectivity index (χ1) is 15.1. The molecule has 31 heavy (non-hydrogen) atoms. The molecule has 2 bridgehead atoms. The fraction of sp³-hybridized carbons (Fsp3) is 0.370. The van der Waals surface area contributed by atoms with Gasteiger partial charge in [-0.15, -0.1) is 6.58 Å². The van der Waals surface area contributed by atoms with E-state index < -0.39 is 6.10 Å². The molecule has 4 heteroatoms. The Kier molecular flexibility index (Phi) is 5.28. The Hall–Kier alpha value is -2.69. The van der Waals surface area contributed by atoms with Gasteiger partial charge in [0.2, 0.25) is 0 Å². The summed E-state index contributed by atoms with van der Waals surface area (Å²) in [6.07, 6.45) is 5.65. The highest BCUT2D eigenvalue weighted by atomic mass is 16.5. The number of fused-ring (bicyclic) bond motifs is 4. The number of piperidine rings is 3. The van der Waals surface area contributed by atoms with Gasteiger partial charge in [0.15, 0.2) is 0 Å². The molecule has 3 aliphatic rings. The van der Waals surface area contributed by atoms with Gasteiger partial charge in [-0.3, -0.25) is 4.98 Å². The fourth-order valence-corrected chi connectivity index (χ4v) is 6.07. The van der Waals surface area contributed by atoms with Crippen molar-refractivity contribution in [2.45, 2.75) is 31.5 Å². The zero-order valence-corrected chi connectivity index (χ0v) is 18.2. The molecule has 0 unspecified atom stereocenters. The molecule has 3 aromatic rings. The summed E-state index contributed by atoms with van der Waals surface area (Å²) in [6.45, 7) is 7.25. The van der Waals surface area contributed by atoms with Crippen molar-refractivity contribution >= 4 is 10.9 Å². The smallest absolute Gasteiger partial charge is 0.131 e. The number of nitrogens with zero attached hydrogens (tertiary/aromatic N) is 2. The summed E-state index contributed by atoms with van der Waals surface area (Å²) in [6, 6.07) is 18.8. The van der Waals surface area contributed by atoms with E-state index in [-0.39, 0.29) is 6.04 Å². The van der Waals surface area contributed by atoms with Crippen molar-refractivity contribution in [2.24, 2.45) is 11.8 Å². The monoisotopic (exact) mass is 415 g/mol. The van der Waals surface area contributed by atoms with Crippen LogP contribution in [0.4, 0.5) is 0 Å². The van der Waals surface area contributed by atoms with E-state index in [0.29, 0.717) is 11.8 Å². The molecule has 4 heterocycles. The number of aliphatic hydroxyl groups excluding tert-OH is 1. The van der Waals surface area contributed by atoms with E-state index in [2.05, 4.69) is 48.0 Å². The summed E-state index contributed by atoms with van der Waals surface area (Å²) in [7, 11) is 1.68. The lowest BCUT2D eigenvalue weighted by atomic mass is 9.71. The quantitative estimate of drug-likeness (QED) is 0.460. The van der Waals surface area contributed by atoms with Crippen LogP contribution in [0.25, 0.3) is 10.9 Å². The van der Waals surface area contributed by atoms with Crippen molar-refractivity contribution in [3.8, 4) is 5.75 Å². The molecule has 160 valence electrons. The van der Waals surface area contributed by atoms with E-state index in [0.717, 1.165) is 52.8 Å². The van der Waals surface area contributed by atoms with E-state index in [4.69, 9.17) is 4.74 Å². The van der Waals surface area contributed by atoms with E-state index >= 15 is 0 Å². The Morgan fingerprint density at radius 2 is 2.06 bits per heavy atom. The minimum Gasteiger partial charge on any atom is -0.497 e. The van der Waals surface area contributed by atoms with Crippen LogP contribution in [-0.2, 0) is 6.54 Å². The SMILES string of the molecule is C=C[C@H]1C[N@+]2(Cc3ccccc3)CC[C@@H]1C[C@@H]2[C@@H](O)c1ccnc2ccc(OC)cc12. The van der Waals surface area contributed by atoms with E-state index in [1.807, 2.05) is 30.5 Å². The van der Waals surface area contributed by atoms with Gasteiger partial charge in [-0.1, -0.05) is 36.4 Å². The Balaban J connectivity index is 1.56. The predicted octanol–water partition coefficient (Wildman–Crippen LogP) is 4.89. The molecule has 0 spiro atoms. The van der Waals surface area contributed by atoms with E-state index in [9.17, 15) is 5.11 Å². The second kappa shape index (κ2) is 8.10. The molecule has 0 radical (unpaired) electrons. The number of hydrogen-bond donors (Lipinski definition) is 1. The van der Waals surface area contributed by atoms with Gasteiger partial charge in [-0.25, -0.2) is 0 Å². The van der Waals surface area contributed by atoms with Crippen LogP contribution in [-0.4, -0.2) is 40.8 Å². The number of methoxy groups -OCH3 is 1. The maximum absolute atomic E-state index is 11.8. The Labute approximate surface area is 184 Å². The van der Waals surface area contributed by atoms with Crippen LogP contribution < -0.4 is 4.74 Å². The lowest BCUT2D eigenvalue weighted by Crippen LogP contribution is -2.67. The van der Waals surface area contributed by atoms with Crippen LogP contribution in [0.1, 0.15) is 30.1 Å². The number of hydrogen-bond acceptors (Lipinski definition) is 3. The highest BCUT2D eigenvalue weighted by molar-refractivity contribution is 5.83. The average molecular weight is 416 g/mol. The summed E-state index contributed by atoms with van der Waals surface area (Å²) >= 11 is 0. The molecule has 4 nitrogen and oxygen atoms in total. The average Bonchev–Trinajstić information content (AvgIpc) is 2.83. The van der Waals surface area contributed by atoms with Gasteiger partial charge in [0.1, 0.15) is 24.4 Å². The molecular weight excluding hydrogens is 384 g/mol. The molecule has 3 saturated heterocycles. The molecule has 6 rings (SSSR count). The predicted molar refractivity (Wildman–Crippen MR) is 124 cm³/mol. The summed E-state index contributed by atoms with van der Waals surface area (Å²) in [5.74, 6) is 1.92. The van der Waals surface area contributed by atoms with Crippen molar-refractivity contribution in [3.05, 3.63) is 84.6 Å². The number of benzene rings is 2. The molecule has 0 amide bonds. The first-order valence-electron chi connectivity index (χ1n) is 11.3. The highest BCUT2D eigenvalue weighted by Gasteiger charge is 2.53. The number of aliphatic hydroxyl groups is 1. The molecule has 0 saturated carbocycles. The third-order valence-corrected chi connectivity index (χ3v) is 7.68. The summed E-state index contributed by atoms with van der Waals surface area (Å²) < 4.78 is 6.38. The highest BCUT2D eigenvalue weighted by Crippen LogP contribution is 2.48. The topological polar surface area (TPSA) is 42.4 Å². The van der Waals surface area contributed by atoms with Crippen LogP contribution in [0.15, 0.2) is 73.4 Å². The zero-order chi connectivity index (χ0) is 21.4. The number of aromatic nitrogens is 1. The summed E-state index contributed by atoms with van der Waals surface area (Å²) in [5, 5.41) is 12.8. The molecule has 0 aliphatic carbocycles. The lowest BCUT2D eigenvalue weighted by molar-refractivity contribution is -0.984. The van der Waals surface area contributed by atoms with Crippen molar-refractivity contribution in [1.82, 2.24) is 4.98 Å². The van der Waals surface area contributed by atoms with Gasteiger partial charge in [-0.2, -0.15) is 0 Å². The third-order valence-electron chi connectivity index (χ3n) is 7.68. The maximum Gasteiger partial charge on any atom is 0.131 e. The molecule has 2 aromatic carbocycles. The van der Waals surface area contributed by atoms with Crippen molar-refractivity contribution in [1.29, 1.82) is 0 Å². The Morgan fingerprint density at radius 1 is 1.23 bits per heavy atom. The molecule has 1 aromatic heterocycles. The van der Waals surface area contributed by atoms with Crippen molar-refractivity contribution in [2.75, 3.05) is 20.2 Å². The van der Waals surface area contributed by atoms with Crippen LogP contribution in [0.3, 0.4) is 0 Å². The number of ether oxygens (including phenoxy) is 1. The summed E-state index contributed by atoms with van der Waals surface area (Å²) in [4.78, 5) is 4.52. The Bertz CT molecular complexity index is 1080. The first-order valence-corrected chi connectivity index (χ1v) is 11.3. The maximum atomic E-state index is 11.8. The van der Waals surface area contributed by atoms with Gasteiger partial charge in [0.05, 0.1) is 25.7 Å². The number of quaternary nitrogens is 1. The van der Waals surface area contributed by atoms with Crippen LogP contribution in [0.5, 0.6) is 5.75 Å². The van der Waals surface area contributed by atoms with Gasteiger partial charge >= 0.3 is 0 Å². The minimum absolute atomic E-state index is 0.159. The molecule has 1 N–H and O–H groups in total. The number of rotatable bonds is 6. The van der Waals surface area contributed by atoms with Gasteiger partial charge < -0.3 is 14.3 Å². The Morgan fingerprint density at radius 3 is 2.84 bits per heavy atom. The summed E-state index contributed by atoms with van der Waals surface area (Å²) in [5.41, 5.74) is 3.19. The molecule has 3 fully saturated rings. The van der Waals surface area contributed by atoms with E-state index in [1.54, 1.807) is 7.11 Å². The van der Waals surface area contributed by atoms with Crippen LogP contribution in [0.2, 0.25) is 0 Å². The molecular formula is C27H31N2O2+. The molecule has 3 aliphatic heterocycles. The van der Waals surface area contributed by atoms with Gasteiger partial charge in [0, 0.05) is 35.9 Å². The van der Waals surface area contributed by atoms with Gasteiger partial charge in [-0.05, 0) is 35.7 Å². The van der Waals surface area contributed by atoms with Crippen LogP contribution in [0, 0.1) is 11.8 Å². The normalized spacial score (nSPS) is 28.4. The number of pyridine rings is 1. The lowest BCUT2D eigenvalue weighted by Gasteiger charge is -2.58. The zero-order valence-electron chi connectivity index (χ0n) is 18.2. The van der Waals surface area contributed by atoms with Crippen LogP contribution >= 0.6 is 0 Å². The third kappa shape index (κ3) is 3.54. The minimum atomic E-state index is -0.546. The van der Waals surface area contributed by atoms with E-state index in [1.165, 1.54) is 12.0 Å². The van der Waals surface area contributed by atoms with Crippen molar-refractivity contribution in [3.63, 3.8) is 0 Å². The second-order valence-corrected chi connectivity index (χ2v) is 9.25. The van der Waals surface area contributed by atoms with Gasteiger partial charge in [0.25, 0.3) is 0 Å². The second-order valence-electron chi connectivity index (χ2n) is 9.25. The molecule has 5 atom stereocenters. The van der Waals surface area contributed by atoms with Crippen molar-refractivity contribution < 1.29 is 14.3 Å². The fourth-order valence-electron chi connectivity index (χ4n) is 6.07.